The van der Waals surface area contributed by atoms with Crippen molar-refractivity contribution in [2.24, 2.45) is 45.3 Å². The molecular formula is C30H48O5. The summed E-state index contributed by atoms with van der Waals surface area (Å²) in [7, 11) is 0. The number of carbonyl (C=O) groups excluding carboxylic acids is 2. The van der Waals surface area contributed by atoms with Gasteiger partial charge in [0.2, 0.25) is 0 Å². The Morgan fingerprint density at radius 2 is 1.66 bits per heavy atom. The van der Waals surface area contributed by atoms with Gasteiger partial charge in [0.05, 0.1) is 11.7 Å². The minimum absolute atomic E-state index is 0.0401. The number of Topliss-reactive ketones (excluding diaryl/α,β-unsaturated/α-hetero) is 1. The van der Waals surface area contributed by atoms with Crippen molar-refractivity contribution in [1.29, 1.82) is 0 Å². The maximum absolute atomic E-state index is 13.0. The summed E-state index contributed by atoms with van der Waals surface area (Å²) in [4.78, 5) is 25.6. The fourth-order valence-electron chi connectivity index (χ4n) is 10.3. The number of allylic oxidation sites excluding steroid dienone is 2. The van der Waals surface area contributed by atoms with Crippen molar-refractivity contribution in [2.75, 3.05) is 0 Å². The van der Waals surface area contributed by atoms with E-state index in [1.807, 2.05) is 34.6 Å². The van der Waals surface area contributed by atoms with Crippen LogP contribution in [0.5, 0.6) is 0 Å². The summed E-state index contributed by atoms with van der Waals surface area (Å²) >= 11 is 0. The van der Waals surface area contributed by atoms with Crippen LogP contribution in [0.2, 0.25) is 0 Å². The van der Waals surface area contributed by atoms with Crippen molar-refractivity contribution < 1.29 is 24.9 Å². The van der Waals surface area contributed by atoms with Crippen molar-refractivity contribution in [1.82, 2.24) is 0 Å². The summed E-state index contributed by atoms with van der Waals surface area (Å²) < 4.78 is 0. The Balaban J connectivity index is 1.70. The van der Waals surface area contributed by atoms with E-state index in [0.29, 0.717) is 12.8 Å². The third kappa shape index (κ3) is 3.74. The van der Waals surface area contributed by atoms with Gasteiger partial charge in [-0.3, -0.25) is 9.59 Å². The molecule has 4 aliphatic carbocycles. The van der Waals surface area contributed by atoms with Gasteiger partial charge in [-0.25, -0.2) is 0 Å². The van der Waals surface area contributed by atoms with E-state index in [1.54, 1.807) is 6.08 Å². The highest BCUT2D eigenvalue weighted by atomic mass is 16.3. The van der Waals surface area contributed by atoms with E-state index in [9.17, 15) is 24.9 Å². The quantitative estimate of drug-likeness (QED) is 0.491. The summed E-state index contributed by atoms with van der Waals surface area (Å²) in [5.41, 5.74) is -1.36. The number of hydrogen-bond acceptors (Lipinski definition) is 5. The fourth-order valence-corrected chi connectivity index (χ4v) is 10.3. The summed E-state index contributed by atoms with van der Waals surface area (Å²) in [5.74, 6) is 0.0536. The number of carbonyl (C=O) groups is 2. The van der Waals surface area contributed by atoms with Crippen molar-refractivity contribution in [2.45, 2.75) is 118 Å². The maximum Gasteiger partial charge on any atom is 0.162 e. The lowest BCUT2D eigenvalue weighted by atomic mass is 9.34. The molecule has 5 heteroatoms. The molecule has 5 nitrogen and oxygen atoms in total. The zero-order chi connectivity index (χ0) is 26.4. The van der Waals surface area contributed by atoms with E-state index in [4.69, 9.17) is 0 Å². The molecule has 0 saturated heterocycles. The van der Waals surface area contributed by atoms with E-state index in [1.165, 1.54) is 0 Å². The van der Waals surface area contributed by atoms with Crippen LogP contribution in [0.4, 0.5) is 0 Å². The molecule has 10 atom stereocenters. The number of aliphatic hydroxyl groups excluding tert-OH is 2. The Morgan fingerprint density at radius 3 is 2.26 bits per heavy atom. The van der Waals surface area contributed by atoms with Crippen LogP contribution in [0.25, 0.3) is 0 Å². The SMILES string of the molecule is CC(C)=CC(=O)C[C@@](C)(O)C1CC[C@]2(C)[C@@H]1C[C@@H](O)[C@@H]1[C@@]3(C)CC(=O)[C@H](O)C(C)(C)[C@@H]3CC[C@]12C. The number of ketones is 2. The molecule has 3 N–H and O–H groups in total. The zero-order valence-corrected chi connectivity index (χ0v) is 23.1. The molecule has 0 aromatic heterocycles. The van der Waals surface area contributed by atoms with Gasteiger partial charge in [-0.2, -0.15) is 0 Å². The lowest BCUT2D eigenvalue weighted by molar-refractivity contribution is -0.250. The van der Waals surface area contributed by atoms with E-state index >= 15 is 0 Å². The number of rotatable bonds is 4. The van der Waals surface area contributed by atoms with E-state index in [2.05, 4.69) is 20.8 Å². The van der Waals surface area contributed by atoms with Crippen molar-refractivity contribution in [3.8, 4) is 0 Å². The Hall–Kier alpha value is -1.04. The first-order valence-corrected chi connectivity index (χ1v) is 13.7. The van der Waals surface area contributed by atoms with Crippen molar-refractivity contribution in [3.63, 3.8) is 0 Å². The molecule has 0 spiro atoms. The third-order valence-electron chi connectivity index (χ3n) is 11.9. The molecule has 0 aromatic rings. The molecule has 0 aliphatic heterocycles. The second-order valence-electron chi connectivity index (χ2n) is 14.6. The lowest BCUT2D eigenvalue weighted by Crippen LogP contribution is -2.69. The normalized spacial score (nSPS) is 48.3. The second-order valence-corrected chi connectivity index (χ2v) is 14.6. The lowest BCUT2D eigenvalue weighted by Gasteiger charge is -2.70. The molecule has 4 rings (SSSR count). The van der Waals surface area contributed by atoms with Gasteiger partial charge >= 0.3 is 0 Å². The zero-order valence-electron chi connectivity index (χ0n) is 23.1. The third-order valence-corrected chi connectivity index (χ3v) is 11.9. The molecule has 0 aromatic carbocycles. The average Bonchev–Trinajstić information content (AvgIpc) is 3.03. The Labute approximate surface area is 211 Å². The van der Waals surface area contributed by atoms with Crippen LogP contribution in [-0.4, -0.2) is 44.7 Å². The van der Waals surface area contributed by atoms with Crippen molar-refractivity contribution in [3.05, 3.63) is 11.6 Å². The summed E-state index contributed by atoms with van der Waals surface area (Å²) in [6, 6.07) is 0. The molecule has 35 heavy (non-hydrogen) atoms. The van der Waals surface area contributed by atoms with Crippen LogP contribution in [0.1, 0.15) is 100 Å². The predicted molar refractivity (Wildman–Crippen MR) is 136 cm³/mol. The number of aliphatic hydroxyl groups is 3. The van der Waals surface area contributed by atoms with E-state index < -0.39 is 23.2 Å². The minimum atomic E-state index is -1.12. The largest absolute Gasteiger partial charge is 0.393 e. The van der Waals surface area contributed by atoms with Crippen LogP contribution < -0.4 is 0 Å². The molecule has 0 amide bonds. The standard InChI is InChI=1S/C30H48O5/c1-17(2)13-18(31)15-30(8,35)19-9-11-28(6)20(19)14-21(32)24-27(5)16-22(33)25(34)26(3,4)23(27)10-12-29(24,28)7/h13,19-21,23-25,32,34-35H,9-12,14-16H2,1-8H3/t19?,20-,21-,23+,24-,25+,27+,28-,29-,30-/m1/s1. The molecule has 0 radical (unpaired) electrons. The van der Waals surface area contributed by atoms with Gasteiger partial charge < -0.3 is 15.3 Å². The predicted octanol–water partition coefficient (Wildman–Crippen LogP) is 4.86. The maximum atomic E-state index is 13.0. The molecule has 0 bridgehead atoms. The van der Waals surface area contributed by atoms with Gasteiger partial charge in [0, 0.05) is 18.3 Å². The average molecular weight is 489 g/mol. The van der Waals surface area contributed by atoms with Gasteiger partial charge in [0.1, 0.15) is 6.10 Å². The van der Waals surface area contributed by atoms with Gasteiger partial charge in [-0.05, 0) is 98.9 Å². The van der Waals surface area contributed by atoms with Crippen LogP contribution in [-0.2, 0) is 9.59 Å². The van der Waals surface area contributed by atoms with E-state index in [0.717, 1.165) is 31.3 Å². The Bertz CT molecular complexity index is 929. The minimum Gasteiger partial charge on any atom is -0.393 e. The van der Waals surface area contributed by atoms with Gasteiger partial charge in [-0.15, -0.1) is 0 Å². The first-order chi connectivity index (χ1) is 15.9. The van der Waals surface area contributed by atoms with Crippen LogP contribution in [0.3, 0.4) is 0 Å². The molecule has 4 fully saturated rings. The van der Waals surface area contributed by atoms with Gasteiger partial charge in [0.25, 0.3) is 0 Å². The van der Waals surface area contributed by atoms with Crippen molar-refractivity contribution >= 4 is 11.6 Å². The fraction of sp³-hybridized carbons (Fsp3) is 0.867. The highest BCUT2D eigenvalue weighted by Crippen LogP contribution is 2.75. The molecular weight excluding hydrogens is 440 g/mol. The topological polar surface area (TPSA) is 94.8 Å². The first kappa shape index (κ1) is 27.0. The first-order valence-electron chi connectivity index (χ1n) is 13.7. The summed E-state index contributed by atoms with van der Waals surface area (Å²) in [5, 5.41) is 34.2. The molecule has 4 aliphatic rings. The number of fused-ring (bicyclic) bond motifs is 5. The van der Waals surface area contributed by atoms with Crippen LogP contribution >= 0.6 is 0 Å². The number of hydrogen-bond donors (Lipinski definition) is 3. The summed E-state index contributed by atoms with van der Waals surface area (Å²) in [6.45, 7) is 16.5. The molecule has 4 saturated carbocycles. The summed E-state index contributed by atoms with van der Waals surface area (Å²) in [6.07, 6.45) is 4.78. The van der Waals surface area contributed by atoms with Gasteiger partial charge in [0.15, 0.2) is 11.6 Å². The second kappa shape index (κ2) is 8.23. The molecule has 0 heterocycles. The van der Waals surface area contributed by atoms with Crippen LogP contribution in [0, 0.1) is 45.3 Å². The van der Waals surface area contributed by atoms with Crippen LogP contribution in [0.15, 0.2) is 11.6 Å². The Morgan fingerprint density at radius 1 is 1.06 bits per heavy atom. The monoisotopic (exact) mass is 488 g/mol. The van der Waals surface area contributed by atoms with Gasteiger partial charge in [-0.1, -0.05) is 40.2 Å². The Kier molecular flexibility index (Phi) is 6.35. The highest BCUT2D eigenvalue weighted by molar-refractivity contribution is 5.91. The smallest absolute Gasteiger partial charge is 0.162 e. The van der Waals surface area contributed by atoms with E-state index in [-0.39, 0.29) is 57.9 Å². The molecule has 1 unspecified atom stereocenters. The molecule has 198 valence electrons. The highest BCUT2D eigenvalue weighted by Gasteiger charge is 2.72.